The molecule has 0 bridgehead atoms. The Morgan fingerprint density at radius 2 is 1.81 bits per heavy atom. The van der Waals surface area contributed by atoms with E-state index in [2.05, 4.69) is 15.6 Å². The van der Waals surface area contributed by atoms with Gasteiger partial charge in [-0.05, 0) is 24.5 Å². The Labute approximate surface area is 122 Å². The van der Waals surface area contributed by atoms with Crippen molar-refractivity contribution in [3.05, 3.63) is 36.0 Å². The molecule has 0 unspecified atom stereocenters. The summed E-state index contributed by atoms with van der Waals surface area (Å²) in [5.74, 6) is -1.31. The molecule has 0 aliphatic rings. The zero-order valence-corrected chi connectivity index (χ0v) is 11.7. The fourth-order valence-electron chi connectivity index (χ4n) is 2.09. The van der Waals surface area contributed by atoms with E-state index in [0.29, 0.717) is 25.9 Å². The Bertz CT molecular complexity index is 621. The molecule has 0 atom stereocenters. The van der Waals surface area contributed by atoms with Crippen molar-refractivity contribution in [2.45, 2.75) is 12.8 Å². The van der Waals surface area contributed by atoms with Gasteiger partial charge in [-0.3, -0.25) is 9.59 Å². The molecule has 1 aromatic carbocycles. The first kappa shape index (κ1) is 15.1. The number of aliphatic hydroxyl groups is 1. The quantitative estimate of drug-likeness (QED) is 0.456. The van der Waals surface area contributed by atoms with Gasteiger partial charge in [0.15, 0.2) is 0 Å². The van der Waals surface area contributed by atoms with Gasteiger partial charge in [-0.15, -0.1) is 0 Å². The Morgan fingerprint density at radius 3 is 2.57 bits per heavy atom. The number of carbonyl (C=O) groups is 2. The molecule has 0 saturated carbocycles. The molecule has 112 valence electrons. The number of aliphatic hydroxyl groups excluding tert-OH is 1. The molecule has 0 fully saturated rings. The number of H-pyrrole nitrogens is 1. The fourth-order valence-corrected chi connectivity index (χ4v) is 2.09. The summed E-state index contributed by atoms with van der Waals surface area (Å²) in [6.45, 7) is 0.682. The molecular formula is C15H19N3O3. The summed E-state index contributed by atoms with van der Waals surface area (Å²) in [6.07, 6.45) is 3.01. The van der Waals surface area contributed by atoms with Crippen molar-refractivity contribution >= 4 is 22.7 Å². The van der Waals surface area contributed by atoms with E-state index in [4.69, 9.17) is 5.11 Å². The molecule has 1 heterocycles. The Hall–Kier alpha value is -2.34. The first-order valence-electron chi connectivity index (χ1n) is 6.94. The molecule has 4 N–H and O–H groups in total. The van der Waals surface area contributed by atoms with E-state index in [1.54, 1.807) is 0 Å². The lowest BCUT2D eigenvalue weighted by Gasteiger charge is -2.05. The summed E-state index contributed by atoms with van der Waals surface area (Å²) in [4.78, 5) is 26.1. The van der Waals surface area contributed by atoms with Crippen LogP contribution >= 0.6 is 0 Å². The number of hydrogen-bond donors (Lipinski definition) is 4. The Kier molecular flexibility index (Phi) is 5.34. The molecule has 21 heavy (non-hydrogen) atoms. The second kappa shape index (κ2) is 7.44. The average molecular weight is 289 g/mol. The van der Waals surface area contributed by atoms with E-state index in [-0.39, 0.29) is 6.61 Å². The van der Waals surface area contributed by atoms with Gasteiger partial charge in [0.25, 0.3) is 0 Å². The first-order valence-corrected chi connectivity index (χ1v) is 6.94. The minimum Gasteiger partial charge on any atom is -0.396 e. The summed E-state index contributed by atoms with van der Waals surface area (Å²) in [6, 6.07) is 7.94. The molecule has 2 amide bonds. The summed E-state index contributed by atoms with van der Waals surface area (Å²) in [5.41, 5.74) is 2.16. The standard InChI is InChI=1S/C15H19N3O3/c19-9-3-7-16-14(20)15(21)17-8-6-11-10-18-13-5-2-1-4-12(11)13/h1-2,4-5,10,18-19H,3,6-9H2,(H,16,20)(H,17,21). The average Bonchev–Trinajstić information content (AvgIpc) is 2.91. The largest absolute Gasteiger partial charge is 0.396 e. The minimum atomic E-state index is -0.664. The van der Waals surface area contributed by atoms with Crippen LogP contribution in [0.1, 0.15) is 12.0 Å². The first-order chi connectivity index (χ1) is 10.2. The van der Waals surface area contributed by atoms with Gasteiger partial charge in [0.2, 0.25) is 0 Å². The smallest absolute Gasteiger partial charge is 0.309 e. The molecule has 6 heteroatoms. The minimum absolute atomic E-state index is 0.0114. The molecule has 0 saturated heterocycles. The Balaban J connectivity index is 1.79. The third-order valence-electron chi connectivity index (χ3n) is 3.18. The van der Waals surface area contributed by atoms with Crippen molar-refractivity contribution in [3.8, 4) is 0 Å². The maximum atomic E-state index is 11.5. The summed E-state index contributed by atoms with van der Waals surface area (Å²) in [7, 11) is 0. The van der Waals surface area contributed by atoms with E-state index in [1.165, 1.54) is 0 Å². The molecule has 0 aliphatic heterocycles. The summed E-state index contributed by atoms with van der Waals surface area (Å²) >= 11 is 0. The van der Waals surface area contributed by atoms with Crippen LogP contribution in [0.4, 0.5) is 0 Å². The number of para-hydroxylation sites is 1. The van der Waals surface area contributed by atoms with Crippen molar-refractivity contribution in [1.82, 2.24) is 15.6 Å². The number of hydrogen-bond acceptors (Lipinski definition) is 3. The van der Waals surface area contributed by atoms with Gasteiger partial charge >= 0.3 is 11.8 Å². The van der Waals surface area contributed by atoms with Crippen LogP contribution in [0, 0.1) is 0 Å². The maximum Gasteiger partial charge on any atom is 0.309 e. The number of aromatic amines is 1. The van der Waals surface area contributed by atoms with Crippen LogP contribution in [0.5, 0.6) is 0 Å². The van der Waals surface area contributed by atoms with Crippen LogP contribution < -0.4 is 10.6 Å². The fraction of sp³-hybridized carbons (Fsp3) is 0.333. The van der Waals surface area contributed by atoms with Crippen molar-refractivity contribution in [2.24, 2.45) is 0 Å². The van der Waals surface area contributed by atoms with Gasteiger partial charge < -0.3 is 20.7 Å². The van der Waals surface area contributed by atoms with Crippen LogP contribution in [0.3, 0.4) is 0 Å². The lowest BCUT2D eigenvalue weighted by atomic mass is 10.1. The number of carbonyl (C=O) groups excluding carboxylic acids is 2. The normalized spacial score (nSPS) is 10.5. The molecule has 0 spiro atoms. The van der Waals surface area contributed by atoms with Crippen LogP contribution in [-0.4, -0.2) is 41.6 Å². The zero-order valence-electron chi connectivity index (χ0n) is 11.7. The van der Waals surface area contributed by atoms with Gasteiger partial charge in [0.1, 0.15) is 0 Å². The van der Waals surface area contributed by atoms with Crippen LogP contribution in [0.15, 0.2) is 30.5 Å². The maximum absolute atomic E-state index is 11.5. The number of rotatable bonds is 6. The second-order valence-electron chi connectivity index (χ2n) is 4.70. The lowest BCUT2D eigenvalue weighted by molar-refractivity contribution is -0.139. The molecule has 6 nitrogen and oxygen atoms in total. The molecular weight excluding hydrogens is 270 g/mol. The van der Waals surface area contributed by atoms with Crippen LogP contribution in [-0.2, 0) is 16.0 Å². The highest BCUT2D eigenvalue weighted by Crippen LogP contribution is 2.17. The lowest BCUT2D eigenvalue weighted by Crippen LogP contribution is -2.41. The van der Waals surface area contributed by atoms with E-state index in [9.17, 15) is 9.59 Å². The summed E-state index contributed by atoms with van der Waals surface area (Å²) in [5, 5.41) is 14.7. The molecule has 2 rings (SSSR count). The Morgan fingerprint density at radius 1 is 1.10 bits per heavy atom. The van der Waals surface area contributed by atoms with E-state index in [0.717, 1.165) is 16.5 Å². The number of nitrogens with one attached hydrogen (secondary N) is 3. The van der Waals surface area contributed by atoms with Crippen molar-refractivity contribution < 1.29 is 14.7 Å². The van der Waals surface area contributed by atoms with Gasteiger partial charge in [-0.25, -0.2) is 0 Å². The molecule has 1 aromatic heterocycles. The highest BCUT2D eigenvalue weighted by Gasteiger charge is 2.12. The van der Waals surface area contributed by atoms with Crippen molar-refractivity contribution in [1.29, 1.82) is 0 Å². The highest BCUT2D eigenvalue weighted by atomic mass is 16.3. The number of aromatic nitrogens is 1. The number of amides is 2. The van der Waals surface area contributed by atoms with E-state index in [1.807, 2.05) is 30.5 Å². The molecule has 0 aliphatic carbocycles. The molecule has 0 radical (unpaired) electrons. The highest BCUT2D eigenvalue weighted by molar-refractivity contribution is 6.35. The van der Waals surface area contributed by atoms with Gasteiger partial charge in [0, 0.05) is 36.8 Å². The van der Waals surface area contributed by atoms with Crippen LogP contribution in [0.25, 0.3) is 10.9 Å². The second-order valence-corrected chi connectivity index (χ2v) is 4.70. The van der Waals surface area contributed by atoms with Gasteiger partial charge in [0.05, 0.1) is 0 Å². The van der Waals surface area contributed by atoms with Gasteiger partial charge in [-0.1, -0.05) is 18.2 Å². The van der Waals surface area contributed by atoms with E-state index >= 15 is 0 Å². The summed E-state index contributed by atoms with van der Waals surface area (Å²) < 4.78 is 0. The van der Waals surface area contributed by atoms with Crippen molar-refractivity contribution in [3.63, 3.8) is 0 Å². The topological polar surface area (TPSA) is 94.2 Å². The van der Waals surface area contributed by atoms with Gasteiger partial charge in [-0.2, -0.15) is 0 Å². The van der Waals surface area contributed by atoms with Crippen molar-refractivity contribution in [2.75, 3.05) is 19.7 Å². The van der Waals surface area contributed by atoms with E-state index < -0.39 is 11.8 Å². The monoisotopic (exact) mass is 289 g/mol. The molecule has 2 aromatic rings. The predicted molar refractivity (Wildman–Crippen MR) is 79.7 cm³/mol. The number of benzene rings is 1. The zero-order chi connectivity index (χ0) is 15.1. The predicted octanol–water partition coefficient (Wildman–Crippen LogP) is 0.325. The van der Waals surface area contributed by atoms with Crippen LogP contribution in [0.2, 0.25) is 0 Å². The third kappa shape index (κ3) is 4.06. The third-order valence-corrected chi connectivity index (χ3v) is 3.18. The number of fused-ring (bicyclic) bond motifs is 1. The SMILES string of the molecule is O=C(NCCCO)C(=O)NCCc1c[nH]c2ccccc12.